The number of amides is 1. The van der Waals surface area contributed by atoms with Gasteiger partial charge in [0, 0.05) is 42.2 Å². The van der Waals surface area contributed by atoms with Gasteiger partial charge in [-0.15, -0.1) is 0 Å². The third-order valence-electron chi connectivity index (χ3n) is 6.75. The molecule has 0 aliphatic carbocycles. The molecule has 2 atom stereocenters. The van der Waals surface area contributed by atoms with Gasteiger partial charge in [-0.25, -0.2) is 9.18 Å². The summed E-state index contributed by atoms with van der Waals surface area (Å²) in [5.41, 5.74) is 1.41. The smallest absolute Gasteiger partial charge is 0.411 e. The first kappa shape index (κ1) is 20.2. The molecule has 2 aromatic rings. The Balaban J connectivity index is 1.42. The van der Waals surface area contributed by atoms with E-state index < -0.39 is 11.9 Å². The minimum absolute atomic E-state index is 0.112. The molecule has 0 saturated carbocycles. The number of quaternary nitrogens is 1. The second-order valence-electron chi connectivity index (χ2n) is 8.75. The van der Waals surface area contributed by atoms with Crippen LogP contribution in [0.3, 0.4) is 0 Å². The fourth-order valence-electron chi connectivity index (χ4n) is 5.01. The summed E-state index contributed by atoms with van der Waals surface area (Å²) in [6.45, 7) is 0.375. The van der Waals surface area contributed by atoms with E-state index in [0.29, 0.717) is 35.2 Å². The summed E-state index contributed by atoms with van der Waals surface area (Å²) in [6.07, 6.45) is 4.02. The van der Waals surface area contributed by atoms with Crippen LogP contribution in [0.1, 0.15) is 25.7 Å². The normalized spacial score (nSPS) is 24.9. The molecule has 2 aliphatic heterocycles. The van der Waals surface area contributed by atoms with Crippen molar-refractivity contribution in [2.75, 3.05) is 26.0 Å². The van der Waals surface area contributed by atoms with Crippen molar-refractivity contribution in [2.24, 2.45) is 5.92 Å². The van der Waals surface area contributed by atoms with E-state index in [0.717, 1.165) is 22.9 Å². The van der Waals surface area contributed by atoms with Gasteiger partial charge in [0.2, 0.25) is 0 Å². The summed E-state index contributed by atoms with van der Waals surface area (Å²) < 4.78 is 21.1. The van der Waals surface area contributed by atoms with Crippen LogP contribution in [-0.2, 0) is 4.74 Å². The molecule has 4 rings (SSSR count). The zero-order valence-electron chi connectivity index (χ0n) is 16.8. The predicted molar refractivity (Wildman–Crippen MR) is 113 cm³/mol. The first-order chi connectivity index (χ1) is 13.8. The van der Waals surface area contributed by atoms with E-state index >= 15 is 0 Å². The minimum Gasteiger partial charge on any atom is -0.449 e. The minimum atomic E-state index is -0.620. The molecule has 29 heavy (non-hydrogen) atoms. The van der Waals surface area contributed by atoms with Gasteiger partial charge < -0.3 is 9.22 Å². The van der Waals surface area contributed by atoms with E-state index in [1.165, 1.54) is 18.9 Å². The summed E-state index contributed by atoms with van der Waals surface area (Å²) in [6, 6.07) is 13.1. The fourth-order valence-corrected chi connectivity index (χ4v) is 5.20. The third kappa shape index (κ3) is 4.12. The lowest BCUT2D eigenvalue weighted by atomic mass is 9.90. The van der Waals surface area contributed by atoms with E-state index in [-0.39, 0.29) is 5.69 Å². The van der Waals surface area contributed by atoms with Gasteiger partial charge in [-0.3, -0.25) is 5.32 Å². The second kappa shape index (κ2) is 7.96. The first-order valence-corrected chi connectivity index (χ1v) is 10.5. The Hall–Kier alpha value is -2.11. The standard InChI is InChI=1S/C23H26ClFN2O2/c1-27(2)18-9-10-19(27)12-15(11-18)14-29-23(28)26-22-20(7-4-8-21(22)25)16-5-3-6-17(24)13-16/h3-8,13,15,18-19H,9-12,14H2,1-2H3/p+1. The second-order valence-corrected chi connectivity index (χ2v) is 9.18. The highest BCUT2D eigenvalue weighted by molar-refractivity contribution is 6.30. The molecular formula is C23H27ClFN2O2+. The number of carbonyl (C=O) groups is 1. The number of hydrogen-bond donors (Lipinski definition) is 1. The number of benzene rings is 2. The predicted octanol–water partition coefficient (Wildman–Crippen LogP) is 5.71. The largest absolute Gasteiger partial charge is 0.449 e. The number of halogens is 2. The van der Waals surface area contributed by atoms with Gasteiger partial charge in [-0.2, -0.15) is 0 Å². The number of ether oxygens (including phenoxy) is 1. The van der Waals surface area contributed by atoms with Crippen molar-refractivity contribution < 1.29 is 18.4 Å². The summed E-state index contributed by atoms with van der Waals surface area (Å²) in [5, 5.41) is 3.16. The molecule has 2 bridgehead atoms. The summed E-state index contributed by atoms with van der Waals surface area (Å²) in [4.78, 5) is 12.4. The molecule has 0 aromatic heterocycles. The molecule has 6 heteroatoms. The van der Waals surface area contributed by atoms with Crippen molar-refractivity contribution >= 4 is 23.4 Å². The molecule has 2 fully saturated rings. The SMILES string of the molecule is C[N+]1(C)C2CCC1CC(COC(=O)Nc1c(F)cccc1-c1cccc(Cl)c1)C2. The molecule has 2 aliphatic rings. The number of piperidine rings is 1. The lowest BCUT2D eigenvalue weighted by Gasteiger charge is -2.44. The van der Waals surface area contributed by atoms with Crippen LogP contribution in [0.2, 0.25) is 5.02 Å². The number of carbonyl (C=O) groups excluding carboxylic acids is 1. The number of nitrogens with zero attached hydrogens (tertiary/aromatic N) is 1. The molecule has 154 valence electrons. The van der Waals surface area contributed by atoms with Crippen LogP contribution >= 0.6 is 11.6 Å². The summed E-state index contributed by atoms with van der Waals surface area (Å²) >= 11 is 6.07. The first-order valence-electron chi connectivity index (χ1n) is 10.2. The fraction of sp³-hybridized carbons (Fsp3) is 0.435. The average molecular weight is 418 g/mol. The van der Waals surface area contributed by atoms with Crippen LogP contribution in [-0.4, -0.2) is 43.4 Å². The summed E-state index contributed by atoms with van der Waals surface area (Å²) in [5.74, 6) is -0.133. The van der Waals surface area contributed by atoms with Gasteiger partial charge in [-0.1, -0.05) is 35.9 Å². The summed E-state index contributed by atoms with van der Waals surface area (Å²) in [7, 11) is 4.61. The molecule has 4 nitrogen and oxygen atoms in total. The van der Waals surface area contributed by atoms with E-state index in [2.05, 4.69) is 19.4 Å². The highest BCUT2D eigenvalue weighted by atomic mass is 35.5. The Morgan fingerprint density at radius 3 is 2.55 bits per heavy atom. The van der Waals surface area contributed by atoms with Crippen LogP contribution in [0.5, 0.6) is 0 Å². The van der Waals surface area contributed by atoms with E-state index in [1.807, 2.05) is 6.07 Å². The van der Waals surface area contributed by atoms with Gasteiger partial charge in [0.05, 0.1) is 38.5 Å². The quantitative estimate of drug-likeness (QED) is 0.647. The zero-order valence-corrected chi connectivity index (χ0v) is 17.6. The van der Waals surface area contributed by atoms with Crippen LogP contribution < -0.4 is 5.32 Å². The van der Waals surface area contributed by atoms with E-state index in [9.17, 15) is 9.18 Å². The highest BCUT2D eigenvalue weighted by Gasteiger charge is 2.48. The lowest BCUT2D eigenvalue weighted by Crippen LogP contribution is -2.55. The van der Waals surface area contributed by atoms with Gasteiger partial charge in [-0.05, 0) is 23.8 Å². The molecular weight excluding hydrogens is 391 g/mol. The van der Waals surface area contributed by atoms with Gasteiger partial charge in [0.25, 0.3) is 0 Å². The van der Waals surface area contributed by atoms with Crippen LogP contribution in [0.4, 0.5) is 14.9 Å². The van der Waals surface area contributed by atoms with Gasteiger partial charge >= 0.3 is 6.09 Å². The van der Waals surface area contributed by atoms with Crippen molar-refractivity contribution in [3.63, 3.8) is 0 Å². The van der Waals surface area contributed by atoms with E-state index in [1.54, 1.807) is 30.3 Å². The zero-order chi connectivity index (χ0) is 20.6. The van der Waals surface area contributed by atoms with Crippen molar-refractivity contribution in [2.45, 2.75) is 37.8 Å². The highest BCUT2D eigenvalue weighted by Crippen LogP contribution is 2.42. The maximum atomic E-state index is 14.5. The molecule has 0 radical (unpaired) electrons. The molecule has 2 heterocycles. The topological polar surface area (TPSA) is 38.3 Å². The average Bonchev–Trinajstić information content (AvgIpc) is 2.85. The number of anilines is 1. The number of fused-ring (bicyclic) bond motifs is 2. The van der Waals surface area contributed by atoms with Crippen molar-refractivity contribution in [3.8, 4) is 11.1 Å². The third-order valence-corrected chi connectivity index (χ3v) is 6.99. The Morgan fingerprint density at radius 2 is 1.86 bits per heavy atom. The van der Waals surface area contributed by atoms with Crippen molar-refractivity contribution in [1.29, 1.82) is 0 Å². The molecule has 1 amide bonds. The van der Waals surface area contributed by atoms with Crippen LogP contribution in [0.25, 0.3) is 11.1 Å². The number of para-hydroxylation sites is 1. The molecule has 2 aromatic carbocycles. The molecule has 2 saturated heterocycles. The maximum absolute atomic E-state index is 14.5. The van der Waals surface area contributed by atoms with Crippen molar-refractivity contribution in [1.82, 2.24) is 0 Å². The van der Waals surface area contributed by atoms with Gasteiger partial charge in [0.1, 0.15) is 5.82 Å². The Kier molecular flexibility index (Phi) is 5.54. The lowest BCUT2D eigenvalue weighted by molar-refractivity contribution is -0.931. The monoisotopic (exact) mass is 417 g/mol. The van der Waals surface area contributed by atoms with Crippen LogP contribution in [0, 0.1) is 11.7 Å². The maximum Gasteiger partial charge on any atom is 0.411 e. The van der Waals surface area contributed by atoms with Crippen LogP contribution in [0.15, 0.2) is 42.5 Å². The molecule has 0 spiro atoms. The number of rotatable bonds is 4. The Bertz CT molecular complexity index is 902. The van der Waals surface area contributed by atoms with E-state index in [4.69, 9.17) is 16.3 Å². The Morgan fingerprint density at radius 1 is 1.17 bits per heavy atom. The number of nitrogens with one attached hydrogen (secondary N) is 1. The Labute approximate surface area is 176 Å². The van der Waals surface area contributed by atoms with Gasteiger partial charge in [0.15, 0.2) is 0 Å². The molecule has 1 N–H and O–H groups in total. The number of hydrogen-bond acceptors (Lipinski definition) is 2. The molecule has 2 unspecified atom stereocenters. The van der Waals surface area contributed by atoms with Crippen molar-refractivity contribution in [3.05, 3.63) is 53.3 Å².